The highest BCUT2D eigenvalue weighted by molar-refractivity contribution is 5.43. The maximum absolute atomic E-state index is 10.8. The second-order valence-electron chi connectivity index (χ2n) is 6.63. The molecule has 1 fully saturated rings. The van der Waals surface area contributed by atoms with Crippen molar-refractivity contribution in [2.75, 3.05) is 26.8 Å². The average Bonchev–Trinajstić information content (AvgIpc) is 2.46. The number of methoxy groups -OCH3 is 1. The standard InChI is InChI=1S/C17H25NO3/c1-11-6-12(2)9-18(8-11)15-10-21-16-5-4-13(20-3)7-14(16)17(15)19/h4-5,7,11-12,15,17,19H,6,8-10H2,1-3H3. The summed E-state index contributed by atoms with van der Waals surface area (Å²) in [6, 6.07) is 5.68. The second kappa shape index (κ2) is 5.85. The Kier molecular flexibility index (Phi) is 4.09. The van der Waals surface area contributed by atoms with Crippen LogP contribution in [0.2, 0.25) is 0 Å². The van der Waals surface area contributed by atoms with Crippen LogP contribution in [0.25, 0.3) is 0 Å². The first-order valence-corrected chi connectivity index (χ1v) is 7.81. The Morgan fingerprint density at radius 3 is 2.62 bits per heavy atom. The summed E-state index contributed by atoms with van der Waals surface area (Å²) >= 11 is 0. The van der Waals surface area contributed by atoms with Crippen molar-refractivity contribution in [2.45, 2.75) is 32.4 Å². The summed E-state index contributed by atoms with van der Waals surface area (Å²) in [5, 5.41) is 10.8. The van der Waals surface area contributed by atoms with Gasteiger partial charge in [0.2, 0.25) is 0 Å². The van der Waals surface area contributed by atoms with Gasteiger partial charge in [0.05, 0.1) is 13.2 Å². The van der Waals surface area contributed by atoms with Gasteiger partial charge in [0.25, 0.3) is 0 Å². The Morgan fingerprint density at radius 1 is 1.24 bits per heavy atom. The molecule has 1 saturated heterocycles. The van der Waals surface area contributed by atoms with Crippen molar-refractivity contribution < 1.29 is 14.6 Å². The molecule has 3 rings (SSSR count). The van der Waals surface area contributed by atoms with E-state index in [2.05, 4.69) is 18.7 Å². The highest BCUT2D eigenvalue weighted by Crippen LogP contribution is 2.38. The summed E-state index contributed by atoms with van der Waals surface area (Å²) in [6.45, 7) is 7.20. The number of ether oxygens (including phenoxy) is 2. The minimum Gasteiger partial charge on any atom is -0.497 e. The minimum absolute atomic E-state index is 0.0369. The molecule has 0 saturated carbocycles. The number of piperidine rings is 1. The average molecular weight is 291 g/mol. The fraction of sp³-hybridized carbons (Fsp3) is 0.647. The normalized spacial score (nSPS) is 33.1. The van der Waals surface area contributed by atoms with Crippen molar-refractivity contribution in [3.05, 3.63) is 23.8 Å². The van der Waals surface area contributed by atoms with E-state index in [1.54, 1.807) is 7.11 Å². The van der Waals surface area contributed by atoms with Gasteiger partial charge in [-0.2, -0.15) is 0 Å². The molecule has 1 N–H and O–H groups in total. The first-order valence-electron chi connectivity index (χ1n) is 7.81. The predicted octanol–water partition coefficient (Wildman–Crippen LogP) is 2.47. The number of likely N-dealkylation sites (tertiary alicyclic amines) is 1. The molecule has 2 aliphatic rings. The number of aliphatic hydroxyl groups is 1. The molecule has 2 heterocycles. The van der Waals surface area contributed by atoms with E-state index in [0.29, 0.717) is 18.4 Å². The molecule has 0 aromatic heterocycles. The van der Waals surface area contributed by atoms with Crippen LogP contribution in [0, 0.1) is 11.8 Å². The third-order valence-corrected chi connectivity index (χ3v) is 4.68. The second-order valence-corrected chi connectivity index (χ2v) is 6.63. The Balaban J connectivity index is 1.82. The van der Waals surface area contributed by atoms with Crippen LogP contribution in [0.4, 0.5) is 0 Å². The van der Waals surface area contributed by atoms with Gasteiger partial charge in [-0.1, -0.05) is 13.8 Å². The van der Waals surface area contributed by atoms with Crippen molar-refractivity contribution in [3.8, 4) is 11.5 Å². The van der Waals surface area contributed by atoms with Gasteiger partial charge in [-0.15, -0.1) is 0 Å². The van der Waals surface area contributed by atoms with Gasteiger partial charge in [0.15, 0.2) is 0 Å². The number of fused-ring (bicyclic) bond motifs is 1. The van der Waals surface area contributed by atoms with E-state index in [1.807, 2.05) is 18.2 Å². The molecule has 1 aromatic carbocycles. The topological polar surface area (TPSA) is 41.9 Å². The lowest BCUT2D eigenvalue weighted by Crippen LogP contribution is -2.51. The summed E-state index contributed by atoms with van der Waals surface area (Å²) in [4.78, 5) is 2.39. The highest BCUT2D eigenvalue weighted by atomic mass is 16.5. The van der Waals surface area contributed by atoms with E-state index >= 15 is 0 Å². The van der Waals surface area contributed by atoms with Crippen molar-refractivity contribution >= 4 is 0 Å². The van der Waals surface area contributed by atoms with Gasteiger partial charge in [0.1, 0.15) is 24.2 Å². The Hall–Kier alpha value is -1.26. The number of rotatable bonds is 2. The molecule has 4 nitrogen and oxygen atoms in total. The molecule has 116 valence electrons. The van der Waals surface area contributed by atoms with E-state index in [4.69, 9.17) is 9.47 Å². The molecule has 4 unspecified atom stereocenters. The number of nitrogens with zero attached hydrogens (tertiary/aromatic N) is 1. The van der Waals surface area contributed by atoms with Crippen molar-refractivity contribution in [2.24, 2.45) is 11.8 Å². The van der Waals surface area contributed by atoms with E-state index in [0.717, 1.165) is 30.2 Å². The first-order chi connectivity index (χ1) is 10.1. The third kappa shape index (κ3) is 2.87. The SMILES string of the molecule is COc1ccc2c(c1)C(O)C(N1CC(C)CC(C)C1)CO2. The Morgan fingerprint density at radius 2 is 1.95 bits per heavy atom. The van der Waals surface area contributed by atoms with Crippen LogP contribution in [-0.4, -0.2) is 42.9 Å². The lowest BCUT2D eigenvalue weighted by atomic mass is 9.88. The summed E-state index contributed by atoms with van der Waals surface area (Å²) in [5.74, 6) is 2.88. The lowest BCUT2D eigenvalue weighted by Gasteiger charge is -2.43. The zero-order valence-corrected chi connectivity index (χ0v) is 13.1. The van der Waals surface area contributed by atoms with Gasteiger partial charge in [-0.3, -0.25) is 4.90 Å². The molecule has 4 atom stereocenters. The van der Waals surface area contributed by atoms with Crippen LogP contribution in [-0.2, 0) is 0 Å². The van der Waals surface area contributed by atoms with Crippen molar-refractivity contribution in [1.82, 2.24) is 4.90 Å². The largest absolute Gasteiger partial charge is 0.497 e. The maximum Gasteiger partial charge on any atom is 0.125 e. The van der Waals surface area contributed by atoms with Gasteiger partial charge in [-0.25, -0.2) is 0 Å². The first kappa shape index (κ1) is 14.7. The fourth-order valence-corrected chi connectivity index (χ4v) is 3.78. The van der Waals surface area contributed by atoms with Crippen LogP contribution in [0.15, 0.2) is 18.2 Å². The van der Waals surface area contributed by atoms with Crippen LogP contribution in [0.5, 0.6) is 11.5 Å². The fourth-order valence-electron chi connectivity index (χ4n) is 3.78. The van der Waals surface area contributed by atoms with Gasteiger partial charge in [0, 0.05) is 18.7 Å². The van der Waals surface area contributed by atoms with Crippen molar-refractivity contribution in [1.29, 1.82) is 0 Å². The molecular formula is C17H25NO3. The highest BCUT2D eigenvalue weighted by Gasteiger charge is 2.36. The molecule has 0 aliphatic carbocycles. The lowest BCUT2D eigenvalue weighted by molar-refractivity contribution is -0.0227. The monoisotopic (exact) mass is 291 g/mol. The van der Waals surface area contributed by atoms with Crippen LogP contribution >= 0.6 is 0 Å². The molecule has 0 spiro atoms. The molecule has 1 aromatic rings. The molecule has 21 heavy (non-hydrogen) atoms. The van der Waals surface area contributed by atoms with E-state index in [-0.39, 0.29) is 6.04 Å². The van der Waals surface area contributed by atoms with Gasteiger partial charge < -0.3 is 14.6 Å². The number of hydrogen-bond acceptors (Lipinski definition) is 4. The van der Waals surface area contributed by atoms with Crippen LogP contribution in [0.3, 0.4) is 0 Å². The van der Waals surface area contributed by atoms with Gasteiger partial charge >= 0.3 is 0 Å². The van der Waals surface area contributed by atoms with Crippen LogP contribution in [0.1, 0.15) is 31.9 Å². The Labute approximate surface area is 126 Å². The summed E-state index contributed by atoms with van der Waals surface area (Å²) in [7, 11) is 1.64. The smallest absolute Gasteiger partial charge is 0.125 e. The van der Waals surface area contributed by atoms with E-state index in [9.17, 15) is 5.11 Å². The maximum atomic E-state index is 10.8. The Bertz CT molecular complexity index is 495. The zero-order chi connectivity index (χ0) is 15.0. The van der Waals surface area contributed by atoms with Crippen LogP contribution < -0.4 is 9.47 Å². The summed E-state index contributed by atoms with van der Waals surface area (Å²) in [5.41, 5.74) is 0.844. The quantitative estimate of drug-likeness (QED) is 0.909. The summed E-state index contributed by atoms with van der Waals surface area (Å²) in [6.07, 6.45) is 0.756. The molecular weight excluding hydrogens is 266 g/mol. The van der Waals surface area contributed by atoms with E-state index in [1.165, 1.54) is 6.42 Å². The molecule has 2 aliphatic heterocycles. The minimum atomic E-state index is -0.513. The third-order valence-electron chi connectivity index (χ3n) is 4.68. The molecule has 0 radical (unpaired) electrons. The molecule has 0 bridgehead atoms. The number of benzene rings is 1. The molecule has 0 amide bonds. The summed E-state index contributed by atoms with van der Waals surface area (Å²) < 4.78 is 11.1. The zero-order valence-electron chi connectivity index (χ0n) is 13.1. The number of aliphatic hydroxyl groups excluding tert-OH is 1. The van der Waals surface area contributed by atoms with E-state index < -0.39 is 6.10 Å². The van der Waals surface area contributed by atoms with Gasteiger partial charge in [-0.05, 0) is 36.5 Å². The molecule has 4 heteroatoms. The predicted molar refractivity (Wildman–Crippen MR) is 81.8 cm³/mol. The van der Waals surface area contributed by atoms with Crippen molar-refractivity contribution in [3.63, 3.8) is 0 Å². The number of hydrogen-bond donors (Lipinski definition) is 1.